The molecule has 0 aliphatic carbocycles. The molecular weight excluding hydrogens is 323 g/mol. The maximum atomic E-state index is 11.8. The van der Waals surface area contributed by atoms with E-state index in [0.717, 1.165) is 0 Å². The molecule has 2 aromatic rings. The largest absolute Gasteiger partial charge is 0.495 e. The SMILES string of the molecule is O=C(CCc1nc2ncccc2c(=O)[nH]1)OOC(=O)C(F)(F)F. The van der Waals surface area contributed by atoms with Gasteiger partial charge >= 0.3 is 18.1 Å². The van der Waals surface area contributed by atoms with Crippen LogP contribution in [0.4, 0.5) is 13.2 Å². The molecule has 0 unspecified atom stereocenters. The average molecular weight is 331 g/mol. The first kappa shape index (κ1) is 16.4. The predicted molar refractivity (Wildman–Crippen MR) is 66.7 cm³/mol. The van der Waals surface area contributed by atoms with Gasteiger partial charge in [-0.1, -0.05) is 0 Å². The number of aryl methyl sites for hydroxylation is 1. The maximum Gasteiger partial charge on any atom is 0.495 e. The first-order chi connectivity index (χ1) is 10.8. The van der Waals surface area contributed by atoms with Crippen molar-refractivity contribution >= 4 is 23.0 Å². The second-order valence-corrected chi connectivity index (χ2v) is 4.21. The van der Waals surface area contributed by atoms with Crippen molar-refractivity contribution in [2.75, 3.05) is 0 Å². The predicted octanol–water partition coefficient (Wildman–Crippen LogP) is 0.814. The van der Waals surface area contributed by atoms with Crippen LogP contribution in [0.1, 0.15) is 12.2 Å². The fourth-order valence-corrected chi connectivity index (χ4v) is 1.53. The zero-order valence-corrected chi connectivity index (χ0v) is 11.2. The third kappa shape index (κ3) is 4.25. The molecule has 0 radical (unpaired) electrons. The topological polar surface area (TPSA) is 111 Å². The average Bonchev–Trinajstić information content (AvgIpc) is 2.49. The van der Waals surface area contributed by atoms with Gasteiger partial charge in [-0.05, 0) is 12.1 Å². The lowest BCUT2D eigenvalue weighted by Crippen LogP contribution is -2.26. The number of hydrogen-bond acceptors (Lipinski definition) is 7. The molecule has 0 aliphatic rings. The summed E-state index contributed by atoms with van der Waals surface area (Å²) in [5, 5.41) is 0.248. The minimum Gasteiger partial charge on any atom is -0.310 e. The van der Waals surface area contributed by atoms with Crippen LogP contribution in [0.3, 0.4) is 0 Å². The van der Waals surface area contributed by atoms with Gasteiger partial charge in [-0.25, -0.2) is 29.3 Å². The number of carbonyl (C=O) groups excluding carboxylic acids is 2. The molecule has 0 fully saturated rings. The number of nitrogens with zero attached hydrogens (tertiary/aromatic N) is 2. The third-order valence-electron chi connectivity index (χ3n) is 2.54. The van der Waals surface area contributed by atoms with E-state index in [1.165, 1.54) is 12.3 Å². The van der Waals surface area contributed by atoms with E-state index in [1.54, 1.807) is 6.07 Å². The zero-order valence-electron chi connectivity index (χ0n) is 11.2. The Labute approximate surface area is 125 Å². The second kappa shape index (κ2) is 6.42. The van der Waals surface area contributed by atoms with Gasteiger partial charge in [0, 0.05) is 12.6 Å². The normalized spacial score (nSPS) is 11.3. The number of hydrogen-bond donors (Lipinski definition) is 1. The Morgan fingerprint density at radius 3 is 2.70 bits per heavy atom. The van der Waals surface area contributed by atoms with Crippen molar-refractivity contribution in [2.45, 2.75) is 19.0 Å². The van der Waals surface area contributed by atoms with E-state index >= 15 is 0 Å². The van der Waals surface area contributed by atoms with Gasteiger partial charge in [0.25, 0.3) is 5.56 Å². The summed E-state index contributed by atoms with van der Waals surface area (Å²) in [7, 11) is 0. The van der Waals surface area contributed by atoms with Crippen LogP contribution in [-0.2, 0) is 25.8 Å². The summed E-state index contributed by atoms with van der Waals surface area (Å²) in [4.78, 5) is 50.6. The summed E-state index contributed by atoms with van der Waals surface area (Å²) in [6.07, 6.45) is -4.46. The first-order valence-corrected chi connectivity index (χ1v) is 6.10. The molecule has 23 heavy (non-hydrogen) atoms. The number of fused-ring (bicyclic) bond motifs is 1. The summed E-state index contributed by atoms with van der Waals surface area (Å²) in [5.74, 6) is -3.79. The van der Waals surface area contributed by atoms with Crippen LogP contribution >= 0.6 is 0 Å². The highest BCUT2D eigenvalue weighted by Crippen LogP contribution is 2.16. The van der Waals surface area contributed by atoms with Crippen molar-refractivity contribution in [3.05, 3.63) is 34.5 Å². The lowest BCUT2D eigenvalue weighted by atomic mass is 10.3. The molecule has 2 rings (SSSR count). The van der Waals surface area contributed by atoms with E-state index in [4.69, 9.17) is 0 Å². The van der Waals surface area contributed by atoms with E-state index in [1.807, 2.05) is 0 Å². The molecule has 0 saturated heterocycles. The quantitative estimate of drug-likeness (QED) is 0.654. The van der Waals surface area contributed by atoms with Gasteiger partial charge in [0.15, 0.2) is 5.65 Å². The Bertz CT molecular complexity index is 802. The molecule has 0 atom stereocenters. The standard InChI is InChI=1S/C12H8F3N3O5/c13-12(14,15)11(21)23-22-8(19)4-3-7-17-9-6(10(20)18-7)2-1-5-16-9/h1-2,5H,3-4H2,(H,16,17,18,20). The Morgan fingerprint density at radius 1 is 1.26 bits per heavy atom. The molecule has 0 aromatic carbocycles. The number of nitrogens with one attached hydrogen (secondary N) is 1. The van der Waals surface area contributed by atoms with Gasteiger partial charge in [-0.2, -0.15) is 13.2 Å². The minimum atomic E-state index is -5.27. The van der Waals surface area contributed by atoms with E-state index in [0.29, 0.717) is 0 Å². The first-order valence-electron chi connectivity index (χ1n) is 6.10. The number of alkyl halides is 3. The lowest BCUT2D eigenvalue weighted by molar-refractivity contribution is -0.285. The zero-order chi connectivity index (χ0) is 17.0. The van der Waals surface area contributed by atoms with Gasteiger partial charge in [-0.3, -0.25) is 4.79 Å². The van der Waals surface area contributed by atoms with Crippen LogP contribution in [0, 0.1) is 0 Å². The Balaban J connectivity index is 1.95. The number of H-pyrrole nitrogens is 1. The number of carbonyl (C=O) groups is 2. The molecule has 0 saturated carbocycles. The highest BCUT2D eigenvalue weighted by molar-refractivity contribution is 5.77. The molecule has 8 nitrogen and oxygen atoms in total. The van der Waals surface area contributed by atoms with Gasteiger partial charge in [-0.15, -0.1) is 0 Å². The lowest BCUT2D eigenvalue weighted by Gasteiger charge is -2.05. The number of halogens is 3. The van der Waals surface area contributed by atoms with E-state index < -0.39 is 30.1 Å². The fourth-order valence-electron chi connectivity index (χ4n) is 1.53. The molecule has 0 aliphatic heterocycles. The van der Waals surface area contributed by atoms with Crippen LogP contribution in [0.2, 0.25) is 0 Å². The summed E-state index contributed by atoms with van der Waals surface area (Å²) >= 11 is 0. The van der Waals surface area contributed by atoms with Crippen LogP contribution in [0.15, 0.2) is 23.1 Å². The van der Waals surface area contributed by atoms with E-state index in [2.05, 4.69) is 24.7 Å². The summed E-state index contributed by atoms with van der Waals surface area (Å²) in [6, 6.07) is 3.05. The monoisotopic (exact) mass is 331 g/mol. The Hall–Kier alpha value is -2.98. The van der Waals surface area contributed by atoms with Crippen molar-refractivity contribution in [3.8, 4) is 0 Å². The molecule has 2 heterocycles. The third-order valence-corrected chi connectivity index (χ3v) is 2.54. The fraction of sp³-hybridized carbons (Fsp3) is 0.250. The molecule has 122 valence electrons. The highest BCUT2D eigenvalue weighted by atomic mass is 19.4. The number of pyridine rings is 1. The molecule has 2 aromatic heterocycles. The summed E-state index contributed by atoms with van der Waals surface area (Å²) in [5.41, 5.74) is -0.321. The molecule has 1 N–H and O–H groups in total. The number of aromatic nitrogens is 3. The second-order valence-electron chi connectivity index (χ2n) is 4.21. The smallest absolute Gasteiger partial charge is 0.310 e. The highest BCUT2D eigenvalue weighted by Gasteiger charge is 2.43. The summed E-state index contributed by atoms with van der Waals surface area (Å²) < 4.78 is 35.5. The van der Waals surface area contributed by atoms with Crippen molar-refractivity contribution in [2.24, 2.45) is 0 Å². The van der Waals surface area contributed by atoms with Crippen LogP contribution in [0.5, 0.6) is 0 Å². The minimum absolute atomic E-state index is 0.0836. The van der Waals surface area contributed by atoms with Crippen LogP contribution in [0.25, 0.3) is 11.0 Å². The summed E-state index contributed by atoms with van der Waals surface area (Å²) in [6.45, 7) is 0. The van der Waals surface area contributed by atoms with Crippen LogP contribution in [-0.4, -0.2) is 33.1 Å². The molecule has 0 amide bonds. The maximum absolute atomic E-state index is 11.8. The van der Waals surface area contributed by atoms with Crippen LogP contribution < -0.4 is 5.56 Å². The van der Waals surface area contributed by atoms with Gasteiger partial charge < -0.3 is 4.98 Å². The molecule has 11 heteroatoms. The van der Waals surface area contributed by atoms with Gasteiger partial charge in [0.2, 0.25) is 0 Å². The molecule has 0 bridgehead atoms. The van der Waals surface area contributed by atoms with Crippen molar-refractivity contribution in [1.29, 1.82) is 0 Å². The Morgan fingerprint density at radius 2 is 2.00 bits per heavy atom. The Kier molecular flexibility index (Phi) is 4.57. The number of rotatable bonds is 3. The number of aromatic amines is 1. The molecule has 0 spiro atoms. The van der Waals surface area contributed by atoms with Crippen molar-refractivity contribution in [1.82, 2.24) is 15.0 Å². The van der Waals surface area contributed by atoms with E-state index in [9.17, 15) is 27.6 Å². The van der Waals surface area contributed by atoms with Crippen molar-refractivity contribution < 1.29 is 32.5 Å². The van der Waals surface area contributed by atoms with Gasteiger partial charge in [0.05, 0.1) is 11.8 Å². The molecular formula is C12H8F3N3O5. The van der Waals surface area contributed by atoms with Gasteiger partial charge in [0.1, 0.15) is 5.82 Å². The van der Waals surface area contributed by atoms with E-state index in [-0.39, 0.29) is 23.3 Å². The van der Waals surface area contributed by atoms with Crippen molar-refractivity contribution in [3.63, 3.8) is 0 Å².